The lowest BCUT2D eigenvalue weighted by molar-refractivity contribution is 0.573. The van der Waals surface area contributed by atoms with E-state index in [1.807, 2.05) is 11.8 Å². The highest BCUT2D eigenvalue weighted by atomic mass is 32.2. The van der Waals surface area contributed by atoms with Gasteiger partial charge in [-0.15, -0.1) is 0 Å². The lowest BCUT2D eigenvalue weighted by Gasteiger charge is -2.10. The van der Waals surface area contributed by atoms with Crippen LogP contribution in [0.3, 0.4) is 0 Å². The molecule has 0 spiro atoms. The summed E-state index contributed by atoms with van der Waals surface area (Å²) in [5, 5.41) is 0. The highest BCUT2D eigenvalue weighted by Gasteiger charge is 2.18. The molecule has 0 fully saturated rings. The summed E-state index contributed by atoms with van der Waals surface area (Å²) < 4.78 is 27.1. The molecule has 7 heteroatoms. The predicted octanol–water partition coefficient (Wildman–Crippen LogP) is 2.52. The van der Waals surface area contributed by atoms with Crippen molar-refractivity contribution < 1.29 is 8.42 Å². The van der Waals surface area contributed by atoms with E-state index in [0.717, 1.165) is 25.0 Å². The first-order valence-electron chi connectivity index (χ1n) is 6.86. The molecular weight excluding hydrogens is 324 g/mol. The number of nitrogens with one attached hydrogen (secondary N) is 1. The van der Waals surface area contributed by atoms with Crippen LogP contribution in [0.15, 0.2) is 29.2 Å². The molecule has 0 aliphatic heterocycles. The van der Waals surface area contributed by atoms with Gasteiger partial charge in [0.05, 0.1) is 4.90 Å². The van der Waals surface area contributed by atoms with Crippen molar-refractivity contribution in [2.75, 3.05) is 18.6 Å². The van der Waals surface area contributed by atoms with Crippen molar-refractivity contribution in [2.24, 2.45) is 5.73 Å². The molecule has 0 aliphatic carbocycles. The Hall–Kier alpha value is -0.630. The van der Waals surface area contributed by atoms with Crippen LogP contribution in [0.5, 0.6) is 0 Å². The summed E-state index contributed by atoms with van der Waals surface area (Å²) in [6.45, 7) is 0.438. The van der Waals surface area contributed by atoms with Crippen molar-refractivity contribution in [3.05, 3.63) is 29.8 Å². The molecule has 0 aromatic heterocycles. The van der Waals surface area contributed by atoms with Gasteiger partial charge in [0.2, 0.25) is 10.0 Å². The highest BCUT2D eigenvalue weighted by molar-refractivity contribution is 7.98. The zero-order valence-corrected chi connectivity index (χ0v) is 14.6. The second kappa shape index (κ2) is 9.40. The Morgan fingerprint density at radius 1 is 1.24 bits per heavy atom. The molecule has 0 amide bonds. The predicted molar refractivity (Wildman–Crippen MR) is 94.4 cm³/mol. The molecule has 0 aliphatic rings. The molecule has 0 saturated carbocycles. The number of thiocarbonyl (C=S) groups is 1. The molecule has 0 bridgehead atoms. The number of nitrogens with two attached hydrogens (primary N) is 1. The topological polar surface area (TPSA) is 72.2 Å². The Kier molecular flexibility index (Phi) is 8.24. The third-order valence-electron chi connectivity index (χ3n) is 3.01. The first-order valence-corrected chi connectivity index (χ1v) is 10.1. The van der Waals surface area contributed by atoms with Gasteiger partial charge in [-0.3, -0.25) is 0 Å². The Morgan fingerprint density at radius 3 is 2.57 bits per heavy atom. The molecular formula is C14H22N2O2S3. The van der Waals surface area contributed by atoms with Crippen LogP contribution >= 0.6 is 24.0 Å². The summed E-state index contributed by atoms with van der Waals surface area (Å²) in [6.07, 6.45) is 6.26. The van der Waals surface area contributed by atoms with Crippen LogP contribution in [0.2, 0.25) is 0 Å². The third kappa shape index (κ3) is 6.34. The summed E-state index contributed by atoms with van der Waals surface area (Å²) >= 11 is 6.73. The molecule has 0 atom stereocenters. The van der Waals surface area contributed by atoms with Crippen molar-refractivity contribution in [3.63, 3.8) is 0 Å². The van der Waals surface area contributed by atoms with Crippen molar-refractivity contribution >= 4 is 39.0 Å². The highest BCUT2D eigenvalue weighted by Crippen LogP contribution is 2.15. The quantitative estimate of drug-likeness (QED) is 0.503. The molecule has 1 aromatic rings. The Bertz CT molecular complexity index is 559. The summed E-state index contributed by atoms with van der Waals surface area (Å²) in [4.78, 5) is 0.243. The van der Waals surface area contributed by atoms with E-state index in [-0.39, 0.29) is 9.88 Å². The summed E-state index contributed by atoms with van der Waals surface area (Å²) in [5.74, 6) is 1.16. The molecule has 118 valence electrons. The maximum Gasteiger partial charge on any atom is 0.241 e. The smallest absolute Gasteiger partial charge is 0.241 e. The van der Waals surface area contributed by atoms with Crippen LogP contribution in [0, 0.1) is 0 Å². The maximum absolute atomic E-state index is 12.3. The fourth-order valence-corrected chi connectivity index (χ4v) is 3.94. The van der Waals surface area contributed by atoms with E-state index in [1.165, 1.54) is 12.5 Å². The maximum atomic E-state index is 12.3. The SMILES string of the molecule is CSCCCCCCNS(=O)(=O)c1ccccc1C(N)=S. The molecule has 3 N–H and O–H groups in total. The van der Waals surface area contributed by atoms with E-state index in [1.54, 1.807) is 18.2 Å². The number of hydrogen-bond donors (Lipinski definition) is 2. The van der Waals surface area contributed by atoms with Gasteiger partial charge in [0, 0.05) is 12.1 Å². The van der Waals surface area contributed by atoms with E-state index in [2.05, 4.69) is 11.0 Å². The van der Waals surface area contributed by atoms with Crippen molar-refractivity contribution in [2.45, 2.75) is 30.6 Å². The minimum atomic E-state index is -3.55. The van der Waals surface area contributed by atoms with Crippen molar-refractivity contribution in [3.8, 4) is 0 Å². The average Bonchev–Trinajstić information content (AvgIpc) is 2.46. The second-order valence-electron chi connectivity index (χ2n) is 4.67. The van der Waals surface area contributed by atoms with Gasteiger partial charge in [0.1, 0.15) is 4.99 Å². The van der Waals surface area contributed by atoms with E-state index in [4.69, 9.17) is 18.0 Å². The zero-order valence-electron chi connectivity index (χ0n) is 12.2. The second-order valence-corrected chi connectivity index (χ2v) is 7.83. The minimum absolute atomic E-state index is 0.0908. The van der Waals surface area contributed by atoms with Crippen LogP contribution in [-0.4, -0.2) is 32.0 Å². The largest absolute Gasteiger partial charge is 0.389 e. The van der Waals surface area contributed by atoms with Gasteiger partial charge in [-0.1, -0.05) is 43.3 Å². The van der Waals surface area contributed by atoms with Crippen LogP contribution in [0.25, 0.3) is 0 Å². The number of sulfonamides is 1. The lowest BCUT2D eigenvalue weighted by Crippen LogP contribution is -2.27. The first-order chi connectivity index (χ1) is 9.99. The van der Waals surface area contributed by atoms with Crippen LogP contribution in [0.1, 0.15) is 31.2 Å². The van der Waals surface area contributed by atoms with Gasteiger partial charge in [-0.2, -0.15) is 11.8 Å². The van der Waals surface area contributed by atoms with Crippen LogP contribution in [0.4, 0.5) is 0 Å². The van der Waals surface area contributed by atoms with E-state index < -0.39 is 10.0 Å². The monoisotopic (exact) mass is 346 g/mol. The van der Waals surface area contributed by atoms with E-state index in [9.17, 15) is 8.42 Å². The standard InChI is InChI=1S/C14H22N2O2S3/c1-20-11-7-3-2-6-10-16-21(17,18)13-9-5-4-8-12(13)14(15)19/h4-5,8-9,16H,2-3,6-7,10-11H2,1H3,(H2,15,19). The van der Waals surface area contributed by atoms with Gasteiger partial charge < -0.3 is 5.73 Å². The molecule has 4 nitrogen and oxygen atoms in total. The Morgan fingerprint density at radius 2 is 1.90 bits per heavy atom. The Balaban J connectivity index is 2.53. The van der Waals surface area contributed by atoms with Crippen molar-refractivity contribution in [1.29, 1.82) is 0 Å². The number of rotatable bonds is 10. The van der Waals surface area contributed by atoms with Crippen molar-refractivity contribution in [1.82, 2.24) is 4.72 Å². The molecule has 1 aromatic carbocycles. The van der Waals surface area contributed by atoms with Gasteiger partial charge in [-0.25, -0.2) is 13.1 Å². The van der Waals surface area contributed by atoms with Gasteiger partial charge in [-0.05, 0) is 30.9 Å². The van der Waals surface area contributed by atoms with Gasteiger partial charge in [0.25, 0.3) is 0 Å². The average molecular weight is 347 g/mol. The first kappa shape index (κ1) is 18.4. The van der Waals surface area contributed by atoms with Gasteiger partial charge in [0.15, 0.2) is 0 Å². The lowest BCUT2D eigenvalue weighted by atomic mass is 10.2. The molecule has 0 heterocycles. The normalized spacial score (nSPS) is 11.5. The van der Waals surface area contributed by atoms with Crippen LogP contribution < -0.4 is 10.5 Å². The summed E-state index contributed by atoms with van der Waals surface area (Å²) in [5.41, 5.74) is 5.96. The van der Waals surface area contributed by atoms with Crippen LogP contribution in [-0.2, 0) is 10.0 Å². The molecule has 21 heavy (non-hydrogen) atoms. The summed E-state index contributed by atoms with van der Waals surface area (Å²) in [7, 11) is -3.55. The summed E-state index contributed by atoms with van der Waals surface area (Å²) in [6, 6.07) is 6.53. The fourth-order valence-electron chi connectivity index (χ4n) is 1.91. The number of hydrogen-bond acceptors (Lipinski definition) is 4. The van der Waals surface area contributed by atoms with E-state index in [0.29, 0.717) is 12.1 Å². The number of benzene rings is 1. The molecule has 0 unspecified atom stereocenters. The number of unbranched alkanes of at least 4 members (excludes halogenated alkanes) is 3. The molecule has 0 radical (unpaired) electrons. The van der Waals surface area contributed by atoms with E-state index >= 15 is 0 Å². The Labute approximate surface area is 136 Å². The minimum Gasteiger partial charge on any atom is -0.389 e. The molecule has 0 saturated heterocycles. The van der Waals surface area contributed by atoms with Gasteiger partial charge >= 0.3 is 0 Å². The third-order valence-corrected chi connectivity index (χ3v) is 5.45. The fraction of sp³-hybridized carbons (Fsp3) is 0.500. The zero-order chi connectivity index (χ0) is 15.7. The number of thioether (sulfide) groups is 1. The molecule has 1 rings (SSSR count).